The van der Waals surface area contributed by atoms with Crippen molar-refractivity contribution in [2.45, 2.75) is 26.8 Å². The van der Waals surface area contributed by atoms with Gasteiger partial charge in [-0.15, -0.1) is 0 Å². The summed E-state index contributed by atoms with van der Waals surface area (Å²) in [6, 6.07) is 12.4. The summed E-state index contributed by atoms with van der Waals surface area (Å²) in [4.78, 5) is 46.0. The van der Waals surface area contributed by atoms with E-state index in [0.29, 0.717) is 25.3 Å². The molecule has 0 saturated carbocycles. The number of hydrogen-bond donors (Lipinski definition) is 0. The maximum atomic E-state index is 13.3. The highest BCUT2D eigenvalue weighted by atomic mass is 16.6. The summed E-state index contributed by atoms with van der Waals surface area (Å²) in [7, 11) is 0. The molecule has 0 spiro atoms. The van der Waals surface area contributed by atoms with Gasteiger partial charge < -0.3 is 9.30 Å². The molecule has 0 aliphatic rings. The van der Waals surface area contributed by atoms with E-state index in [9.17, 15) is 25.0 Å². The number of aromatic nitrogens is 3. The first-order valence-corrected chi connectivity index (χ1v) is 11.2. The van der Waals surface area contributed by atoms with Crippen LogP contribution in [0.3, 0.4) is 0 Å². The van der Waals surface area contributed by atoms with E-state index in [-0.39, 0.29) is 39.8 Å². The molecule has 4 rings (SSSR count). The average molecular weight is 486 g/mol. The Morgan fingerprint density at radius 2 is 2.03 bits per heavy atom. The highest BCUT2D eigenvalue weighted by Gasteiger charge is 2.21. The Labute approximate surface area is 204 Å². The summed E-state index contributed by atoms with van der Waals surface area (Å²) in [5.74, 6) is -0.884. The SMILES string of the molecule is CCOCCCn1c(=NC(=O)c2ccccc2[N+](=O)[O-])c(C#N)cc2c(=O)n3cccc(C)c3nc21. The summed E-state index contributed by atoms with van der Waals surface area (Å²) in [5, 5.41) is 21.5. The van der Waals surface area contributed by atoms with Crippen molar-refractivity contribution < 1.29 is 14.5 Å². The van der Waals surface area contributed by atoms with Gasteiger partial charge in [0, 0.05) is 32.0 Å². The van der Waals surface area contributed by atoms with Crippen molar-refractivity contribution in [1.82, 2.24) is 14.0 Å². The summed E-state index contributed by atoms with van der Waals surface area (Å²) in [5.41, 5.74) is 0.391. The van der Waals surface area contributed by atoms with Crippen molar-refractivity contribution in [2.24, 2.45) is 4.99 Å². The van der Waals surface area contributed by atoms with E-state index in [1.54, 1.807) is 12.3 Å². The first-order valence-electron chi connectivity index (χ1n) is 11.2. The Hall–Kier alpha value is -4.69. The van der Waals surface area contributed by atoms with E-state index in [2.05, 4.69) is 4.99 Å². The lowest BCUT2D eigenvalue weighted by atomic mass is 10.1. The van der Waals surface area contributed by atoms with Crippen molar-refractivity contribution in [3.63, 3.8) is 0 Å². The number of para-hydroxylation sites is 1. The maximum absolute atomic E-state index is 13.3. The Kier molecular flexibility index (Phi) is 6.98. The van der Waals surface area contributed by atoms with Gasteiger partial charge in [-0.05, 0) is 44.0 Å². The molecule has 0 atom stereocenters. The predicted octanol–water partition coefficient (Wildman–Crippen LogP) is 2.91. The molecule has 0 aliphatic heterocycles. The van der Waals surface area contributed by atoms with Crippen molar-refractivity contribution in [3.8, 4) is 6.07 Å². The van der Waals surface area contributed by atoms with Crippen LogP contribution in [0.15, 0.2) is 58.4 Å². The number of benzene rings is 1. The standard InChI is InChI=1S/C25H22N6O5/c1-3-36-13-7-12-29-22(28-24(32)18-9-4-5-10-20(18)31(34)35)17(15-26)14-19-23(29)27-21-16(2)8-6-11-30(21)25(19)33/h4-6,8-11,14H,3,7,12-13H2,1-2H3. The number of carbonyl (C=O) groups excluding carboxylic acids is 1. The lowest BCUT2D eigenvalue weighted by Gasteiger charge is -2.14. The van der Waals surface area contributed by atoms with Crippen LogP contribution in [0.5, 0.6) is 0 Å². The Bertz CT molecular complexity index is 1680. The van der Waals surface area contributed by atoms with E-state index in [1.165, 1.54) is 39.3 Å². The van der Waals surface area contributed by atoms with Gasteiger partial charge in [-0.1, -0.05) is 18.2 Å². The van der Waals surface area contributed by atoms with Crippen LogP contribution in [0.25, 0.3) is 16.7 Å². The smallest absolute Gasteiger partial charge is 0.285 e. The number of fused-ring (bicyclic) bond motifs is 2. The summed E-state index contributed by atoms with van der Waals surface area (Å²) >= 11 is 0. The number of nitriles is 1. The number of hydrogen-bond acceptors (Lipinski definition) is 7. The van der Waals surface area contributed by atoms with Gasteiger partial charge in [0.25, 0.3) is 17.2 Å². The molecule has 3 aromatic heterocycles. The van der Waals surface area contributed by atoms with Gasteiger partial charge in [0.05, 0.1) is 15.9 Å². The second-order valence-corrected chi connectivity index (χ2v) is 7.93. The molecule has 0 bridgehead atoms. The molecule has 36 heavy (non-hydrogen) atoms. The van der Waals surface area contributed by atoms with Crippen molar-refractivity contribution in [3.05, 3.63) is 91.3 Å². The minimum Gasteiger partial charge on any atom is -0.382 e. The summed E-state index contributed by atoms with van der Waals surface area (Å²) < 4.78 is 8.37. The molecule has 11 nitrogen and oxygen atoms in total. The predicted molar refractivity (Wildman–Crippen MR) is 131 cm³/mol. The lowest BCUT2D eigenvalue weighted by molar-refractivity contribution is -0.385. The van der Waals surface area contributed by atoms with Crippen LogP contribution >= 0.6 is 0 Å². The first kappa shape index (κ1) is 24.4. The highest BCUT2D eigenvalue weighted by molar-refractivity contribution is 5.98. The van der Waals surface area contributed by atoms with E-state index < -0.39 is 16.5 Å². The number of nitro groups is 1. The van der Waals surface area contributed by atoms with Crippen LogP contribution in [-0.4, -0.2) is 38.0 Å². The average Bonchev–Trinajstić information content (AvgIpc) is 2.88. The number of aryl methyl sites for hydroxylation is 2. The maximum Gasteiger partial charge on any atom is 0.285 e. The van der Waals surface area contributed by atoms with Crippen molar-refractivity contribution in [1.29, 1.82) is 5.26 Å². The molecule has 0 saturated heterocycles. The zero-order chi connectivity index (χ0) is 25.8. The molecule has 0 radical (unpaired) electrons. The molecular formula is C25H22N6O5. The number of pyridine rings is 2. The van der Waals surface area contributed by atoms with Crippen LogP contribution in [-0.2, 0) is 11.3 Å². The van der Waals surface area contributed by atoms with Crippen LogP contribution in [0.2, 0.25) is 0 Å². The molecule has 4 aromatic rings. The van der Waals surface area contributed by atoms with Crippen LogP contribution in [0, 0.1) is 28.4 Å². The van der Waals surface area contributed by atoms with Gasteiger partial charge >= 0.3 is 0 Å². The molecule has 0 unspecified atom stereocenters. The molecule has 182 valence electrons. The quantitative estimate of drug-likeness (QED) is 0.169. The molecule has 0 aliphatic carbocycles. The number of nitrogens with zero attached hydrogens (tertiary/aromatic N) is 6. The monoisotopic (exact) mass is 486 g/mol. The van der Waals surface area contributed by atoms with E-state index >= 15 is 0 Å². The van der Waals surface area contributed by atoms with E-state index in [1.807, 2.05) is 26.0 Å². The zero-order valence-electron chi connectivity index (χ0n) is 19.7. The third kappa shape index (κ3) is 4.49. The van der Waals surface area contributed by atoms with E-state index in [4.69, 9.17) is 9.72 Å². The number of nitro benzene ring substituents is 1. The Morgan fingerprint density at radius 1 is 1.25 bits per heavy atom. The highest BCUT2D eigenvalue weighted by Crippen LogP contribution is 2.19. The van der Waals surface area contributed by atoms with Gasteiger partial charge in [0.15, 0.2) is 5.49 Å². The van der Waals surface area contributed by atoms with Gasteiger partial charge in [-0.25, -0.2) is 4.98 Å². The minimum atomic E-state index is -0.884. The number of ether oxygens (including phenoxy) is 1. The Morgan fingerprint density at radius 3 is 2.75 bits per heavy atom. The summed E-state index contributed by atoms with van der Waals surface area (Å²) in [6.45, 7) is 4.83. The fourth-order valence-corrected chi connectivity index (χ4v) is 3.94. The van der Waals surface area contributed by atoms with Gasteiger partial charge in [-0.3, -0.25) is 24.1 Å². The third-order valence-corrected chi connectivity index (χ3v) is 5.64. The van der Waals surface area contributed by atoms with E-state index in [0.717, 1.165) is 5.56 Å². The fourth-order valence-electron chi connectivity index (χ4n) is 3.94. The zero-order valence-corrected chi connectivity index (χ0v) is 19.7. The molecular weight excluding hydrogens is 464 g/mol. The third-order valence-electron chi connectivity index (χ3n) is 5.64. The molecule has 1 aromatic carbocycles. The topological polar surface area (TPSA) is 145 Å². The molecule has 0 fully saturated rings. The minimum absolute atomic E-state index is 0.0302. The number of amides is 1. The van der Waals surface area contributed by atoms with Crippen molar-refractivity contribution >= 4 is 28.3 Å². The molecule has 11 heteroatoms. The normalized spacial score (nSPS) is 11.6. The number of carbonyl (C=O) groups is 1. The van der Waals surface area contributed by atoms with Gasteiger partial charge in [0.2, 0.25) is 0 Å². The Balaban J connectivity index is 2.05. The molecule has 3 heterocycles. The van der Waals surface area contributed by atoms with Gasteiger partial charge in [0.1, 0.15) is 22.9 Å². The lowest BCUT2D eigenvalue weighted by Crippen LogP contribution is -2.30. The van der Waals surface area contributed by atoms with Crippen LogP contribution in [0.1, 0.15) is 34.8 Å². The second kappa shape index (κ2) is 10.3. The first-order chi connectivity index (χ1) is 17.4. The second-order valence-electron chi connectivity index (χ2n) is 7.93. The van der Waals surface area contributed by atoms with Crippen LogP contribution < -0.4 is 11.0 Å². The van der Waals surface area contributed by atoms with Gasteiger partial charge in [-0.2, -0.15) is 10.3 Å². The fraction of sp³-hybridized carbons (Fsp3) is 0.240. The molecule has 1 amide bonds. The number of rotatable bonds is 7. The van der Waals surface area contributed by atoms with Crippen LogP contribution in [0.4, 0.5) is 5.69 Å². The summed E-state index contributed by atoms with van der Waals surface area (Å²) in [6.07, 6.45) is 2.08. The molecule has 0 N–H and O–H groups in total. The van der Waals surface area contributed by atoms with Crippen molar-refractivity contribution in [2.75, 3.05) is 13.2 Å². The largest absolute Gasteiger partial charge is 0.382 e.